The number of hydrogen-bond acceptors (Lipinski definition) is 7. The minimum absolute atomic E-state index is 0.0671. The lowest BCUT2D eigenvalue weighted by atomic mass is 9.65. The number of benzene rings is 2. The summed E-state index contributed by atoms with van der Waals surface area (Å²) < 4.78 is 31.9. The van der Waals surface area contributed by atoms with E-state index in [0.29, 0.717) is 11.1 Å². The summed E-state index contributed by atoms with van der Waals surface area (Å²) in [6, 6.07) is 11.9. The van der Waals surface area contributed by atoms with Crippen molar-refractivity contribution in [2.75, 3.05) is 0 Å². The molecule has 0 spiro atoms. The van der Waals surface area contributed by atoms with Crippen molar-refractivity contribution in [1.29, 1.82) is 0 Å². The molecular weight excluding hydrogens is 551 g/mol. The number of cyclic esters (lactones) is 4. The van der Waals surface area contributed by atoms with Gasteiger partial charge in [0.05, 0.1) is 18.3 Å². The van der Waals surface area contributed by atoms with Crippen LogP contribution in [0.2, 0.25) is 0 Å². The number of rotatable bonds is 10. The van der Waals surface area contributed by atoms with Crippen LogP contribution in [0.4, 0.5) is 4.39 Å². The molecule has 2 aliphatic carbocycles. The van der Waals surface area contributed by atoms with Gasteiger partial charge in [-0.25, -0.2) is 4.39 Å². The Hall–Kier alpha value is -3.55. The predicted octanol–water partition coefficient (Wildman–Crippen LogP) is 6.88. The van der Waals surface area contributed by atoms with Gasteiger partial charge in [-0.15, -0.1) is 0 Å². The molecule has 3 fully saturated rings. The average molecular weight is 591 g/mol. The SMILES string of the molecule is CCCCCCCC1CCC(c2ccc(OC3C4C(=O)OC(=O)C4c4ccccc4C3C3CC(=O)OC3=O)c(F)c2)CC1. The molecule has 5 atom stereocenters. The molecule has 0 N–H and O–H groups in total. The van der Waals surface area contributed by atoms with Crippen LogP contribution < -0.4 is 4.74 Å². The van der Waals surface area contributed by atoms with Gasteiger partial charge in [0, 0.05) is 5.92 Å². The fourth-order valence-corrected chi connectivity index (χ4v) is 7.85. The van der Waals surface area contributed by atoms with Crippen LogP contribution in [0.3, 0.4) is 0 Å². The molecule has 228 valence electrons. The first-order valence-corrected chi connectivity index (χ1v) is 15.9. The Morgan fingerprint density at radius 1 is 0.814 bits per heavy atom. The van der Waals surface area contributed by atoms with Crippen LogP contribution in [0.25, 0.3) is 0 Å². The molecule has 1 saturated carbocycles. The lowest BCUT2D eigenvalue weighted by Gasteiger charge is -2.40. The van der Waals surface area contributed by atoms with Crippen LogP contribution in [-0.2, 0) is 28.7 Å². The lowest BCUT2D eigenvalue weighted by molar-refractivity contribution is -0.156. The van der Waals surface area contributed by atoms with E-state index in [1.165, 1.54) is 44.6 Å². The molecule has 6 rings (SSSR count). The maximum absolute atomic E-state index is 15.7. The van der Waals surface area contributed by atoms with Crippen molar-refractivity contribution in [2.24, 2.45) is 17.8 Å². The molecule has 0 radical (unpaired) electrons. The molecule has 2 saturated heterocycles. The van der Waals surface area contributed by atoms with Gasteiger partial charge < -0.3 is 14.2 Å². The first-order valence-electron chi connectivity index (χ1n) is 15.9. The Bertz CT molecular complexity index is 1390. The van der Waals surface area contributed by atoms with E-state index >= 15 is 4.39 Å². The highest BCUT2D eigenvalue weighted by Crippen LogP contribution is 2.52. The molecule has 0 amide bonds. The maximum atomic E-state index is 15.7. The van der Waals surface area contributed by atoms with Crippen molar-refractivity contribution in [2.45, 2.75) is 101 Å². The monoisotopic (exact) mass is 590 g/mol. The molecule has 0 aromatic heterocycles. The van der Waals surface area contributed by atoms with Gasteiger partial charge in [-0.3, -0.25) is 19.2 Å². The molecule has 2 aromatic rings. The zero-order valence-electron chi connectivity index (χ0n) is 24.6. The fourth-order valence-electron chi connectivity index (χ4n) is 7.85. The standard InChI is InChI=1S/C35H39FO7/c1-2-3-4-5-6-9-20-12-14-21(15-13-20)22-16-17-27(26(36)18-22)41-32-29(25-19-28(37)42-33(25)38)23-10-7-8-11-24(23)30-31(32)35(40)43-34(30)39/h7-8,10-11,16-18,20-21,25,29-32H,2-6,9,12-15,19H2,1H3. The van der Waals surface area contributed by atoms with Gasteiger partial charge >= 0.3 is 23.9 Å². The quantitative estimate of drug-likeness (QED) is 0.169. The van der Waals surface area contributed by atoms with E-state index < -0.39 is 59.5 Å². The Balaban J connectivity index is 1.21. The third kappa shape index (κ3) is 5.85. The summed E-state index contributed by atoms with van der Waals surface area (Å²) in [5.74, 6) is -6.26. The van der Waals surface area contributed by atoms with Crippen LogP contribution in [-0.4, -0.2) is 30.0 Å². The average Bonchev–Trinajstić information content (AvgIpc) is 3.50. The Morgan fingerprint density at radius 3 is 2.26 bits per heavy atom. The highest BCUT2D eigenvalue weighted by molar-refractivity contribution is 6.01. The van der Waals surface area contributed by atoms with Crippen LogP contribution in [0, 0.1) is 23.6 Å². The number of halogens is 1. The number of fused-ring (bicyclic) bond motifs is 3. The van der Waals surface area contributed by atoms with Crippen molar-refractivity contribution >= 4 is 23.9 Å². The smallest absolute Gasteiger partial charge is 0.322 e. The molecule has 8 heteroatoms. The van der Waals surface area contributed by atoms with Crippen LogP contribution in [0.5, 0.6) is 5.75 Å². The summed E-state index contributed by atoms with van der Waals surface area (Å²) in [4.78, 5) is 50.7. The number of ether oxygens (including phenoxy) is 3. The third-order valence-electron chi connectivity index (χ3n) is 10.1. The lowest BCUT2D eigenvalue weighted by Crippen LogP contribution is -2.46. The van der Waals surface area contributed by atoms with Gasteiger partial charge in [0.15, 0.2) is 11.6 Å². The number of unbranched alkanes of at least 4 members (excludes halogenated alkanes) is 4. The second kappa shape index (κ2) is 12.6. The second-order valence-corrected chi connectivity index (χ2v) is 12.7. The first-order chi connectivity index (χ1) is 20.9. The molecule has 7 nitrogen and oxygen atoms in total. The van der Waals surface area contributed by atoms with Crippen molar-refractivity contribution in [3.63, 3.8) is 0 Å². The van der Waals surface area contributed by atoms with Crippen molar-refractivity contribution in [3.05, 3.63) is 65.0 Å². The van der Waals surface area contributed by atoms with Crippen LogP contribution >= 0.6 is 0 Å². The van der Waals surface area contributed by atoms with Crippen LogP contribution in [0.1, 0.15) is 112 Å². The molecule has 2 heterocycles. The third-order valence-corrected chi connectivity index (χ3v) is 10.1. The van der Waals surface area contributed by atoms with Crippen molar-refractivity contribution < 1.29 is 37.8 Å². The van der Waals surface area contributed by atoms with Crippen molar-refractivity contribution in [3.8, 4) is 5.75 Å². The van der Waals surface area contributed by atoms with E-state index in [1.54, 1.807) is 30.3 Å². The van der Waals surface area contributed by atoms with Gasteiger partial charge in [-0.2, -0.15) is 0 Å². The predicted molar refractivity (Wildman–Crippen MR) is 155 cm³/mol. The Kier molecular flexibility index (Phi) is 8.64. The number of esters is 4. The molecular formula is C35H39FO7. The van der Waals surface area contributed by atoms with E-state index in [-0.39, 0.29) is 18.1 Å². The number of carbonyl (C=O) groups is 4. The van der Waals surface area contributed by atoms with Gasteiger partial charge in [0.2, 0.25) is 0 Å². The Labute approximate surface area is 251 Å². The summed E-state index contributed by atoms with van der Waals surface area (Å²) >= 11 is 0. The summed E-state index contributed by atoms with van der Waals surface area (Å²) in [6.07, 6.45) is 10.8. The topological polar surface area (TPSA) is 96.0 Å². The largest absolute Gasteiger partial charge is 0.486 e. The molecule has 2 aliphatic heterocycles. The Morgan fingerprint density at radius 2 is 1.56 bits per heavy atom. The highest BCUT2D eigenvalue weighted by Gasteiger charge is 2.60. The van der Waals surface area contributed by atoms with E-state index in [1.807, 2.05) is 6.07 Å². The summed E-state index contributed by atoms with van der Waals surface area (Å²) in [7, 11) is 0. The van der Waals surface area contributed by atoms with Gasteiger partial charge in [0.1, 0.15) is 12.0 Å². The zero-order valence-corrected chi connectivity index (χ0v) is 24.6. The zero-order chi connectivity index (χ0) is 30.1. The van der Waals surface area contributed by atoms with E-state index in [0.717, 1.165) is 37.2 Å². The van der Waals surface area contributed by atoms with Gasteiger partial charge in [-0.05, 0) is 66.3 Å². The highest BCUT2D eigenvalue weighted by atomic mass is 19.1. The number of carbonyl (C=O) groups excluding carboxylic acids is 4. The van der Waals surface area contributed by atoms with Gasteiger partial charge in [-0.1, -0.05) is 75.8 Å². The van der Waals surface area contributed by atoms with Crippen molar-refractivity contribution in [1.82, 2.24) is 0 Å². The molecule has 43 heavy (non-hydrogen) atoms. The normalized spacial score (nSPS) is 30.0. The summed E-state index contributed by atoms with van der Waals surface area (Å²) in [6.45, 7) is 2.23. The van der Waals surface area contributed by atoms with E-state index in [2.05, 4.69) is 6.92 Å². The number of hydrogen-bond donors (Lipinski definition) is 0. The first kappa shape index (κ1) is 29.5. The minimum atomic E-state index is -1.12. The molecule has 0 bridgehead atoms. The van der Waals surface area contributed by atoms with E-state index in [9.17, 15) is 19.2 Å². The molecule has 2 aromatic carbocycles. The summed E-state index contributed by atoms with van der Waals surface area (Å²) in [5.41, 5.74) is 2.07. The van der Waals surface area contributed by atoms with E-state index in [4.69, 9.17) is 14.2 Å². The molecule has 5 unspecified atom stereocenters. The fraction of sp³-hybridized carbons (Fsp3) is 0.543. The maximum Gasteiger partial charge on any atom is 0.322 e. The molecule has 4 aliphatic rings. The van der Waals surface area contributed by atoms with Crippen LogP contribution in [0.15, 0.2) is 42.5 Å². The minimum Gasteiger partial charge on any atom is -0.486 e. The second-order valence-electron chi connectivity index (χ2n) is 12.7. The summed E-state index contributed by atoms with van der Waals surface area (Å²) in [5, 5.41) is 0. The van der Waals surface area contributed by atoms with Gasteiger partial charge in [0.25, 0.3) is 0 Å².